The molecule has 1 atom stereocenters. The fraction of sp³-hybridized carbons (Fsp3) is 0.611. The van der Waals surface area contributed by atoms with Crippen molar-refractivity contribution in [2.24, 2.45) is 5.14 Å². The lowest BCUT2D eigenvalue weighted by atomic mass is 9.92. The first kappa shape index (κ1) is 18.2. The molecule has 0 spiro atoms. The molecule has 0 bridgehead atoms. The van der Waals surface area contributed by atoms with Crippen LogP contribution in [0.4, 0.5) is 5.69 Å². The normalized spacial score (nSPS) is 23.1. The molecule has 0 aromatic heterocycles. The summed E-state index contributed by atoms with van der Waals surface area (Å²) >= 11 is 0. The van der Waals surface area contributed by atoms with Crippen LogP contribution in [0.15, 0.2) is 23.1 Å². The maximum atomic E-state index is 11.5. The molecule has 7 heteroatoms. The second-order valence-electron chi connectivity index (χ2n) is 7.13. The highest BCUT2D eigenvalue weighted by Crippen LogP contribution is 2.27. The third kappa shape index (κ3) is 4.51. The minimum atomic E-state index is -3.80. The Bertz CT molecular complexity index is 751. The lowest BCUT2D eigenvalue weighted by Crippen LogP contribution is -2.47. The summed E-state index contributed by atoms with van der Waals surface area (Å²) in [6.45, 7) is 2.13. The first-order valence-corrected chi connectivity index (χ1v) is 10.6. The molecule has 1 saturated carbocycles. The largest absolute Gasteiger partial charge is 0.380 e. The summed E-state index contributed by atoms with van der Waals surface area (Å²) in [7, 11) is -3.80. The van der Waals surface area contributed by atoms with Crippen LogP contribution in [-0.2, 0) is 10.0 Å². The molecule has 1 aliphatic heterocycles. The van der Waals surface area contributed by atoms with Crippen molar-refractivity contribution < 1.29 is 8.42 Å². The minimum Gasteiger partial charge on any atom is -0.380 e. The van der Waals surface area contributed by atoms with Crippen LogP contribution in [-0.4, -0.2) is 38.5 Å². The zero-order valence-electron chi connectivity index (χ0n) is 14.4. The van der Waals surface area contributed by atoms with Crippen molar-refractivity contribution in [3.05, 3.63) is 23.8 Å². The van der Waals surface area contributed by atoms with E-state index in [1.54, 1.807) is 6.07 Å². The van der Waals surface area contributed by atoms with Crippen molar-refractivity contribution >= 4 is 15.7 Å². The highest BCUT2D eigenvalue weighted by Gasteiger charge is 2.27. The molecule has 1 aromatic carbocycles. The third-order valence-corrected chi connectivity index (χ3v) is 6.25. The van der Waals surface area contributed by atoms with Gasteiger partial charge in [0.15, 0.2) is 0 Å². The Hall–Kier alpha value is -1.62. The lowest BCUT2D eigenvalue weighted by molar-refractivity contribution is 0.124. The zero-order chi connectivity index (χ0) is 17.9. The molecule has 25 heavy (non-hydrogen) atoms. The number of nitrogens with two attached hydrogens (primary N) is 1. The van der Waals surface area contributed by atoms with Gasteiger partial charge in [0.25, 0.3) is 0 Å². The molecule has 2 aliphatic rings. The Morgan fingerprint density at radius 2 is 1.92 bits per heavy atom. The number of nitrogens with one attached hydrogen (secondary N) is 1. The smallest absolute Gasteiger partial charge is 0.238 e. The fourth-order valence-corrected chi connectivity index (χ4v) is 4.58. The fourth-order valence-electron chi connectivity index (χ4n) is 4.04. The van der Waals surface area contributed by atoms with Gasteiger partial charge in [0.1, 0.15) is 6.07 Å². The third-order valence-electron chi connectivity index (χ3n) is 5.34. The van der Waals surface area contributed by atoms with Crippen molar-refractivity contribution in [1.82, 2.24) is 4.90 Å². The summed E-state index contributed by atoms with van der Waals surface area (Å²) in [6, 6.07) is 7.51. The van der Waals surface area contributed by atoms with E-state index in [9.17, 15) is 13.7 Å². The molecule has 0 amide bonds. The topological polar surface area (TPSA) is 99.2 Å². The summed E-state index contributed by atoms with van der Waals surface area (Å²) in [5.74, 6) is 0. The van der Waals surface area contributed by atoms with Crippen molar-refractivity contribution in [3.8, 4) is 6.07 Å². The average molecular weight is 362 g/mol. The SMILES string of the molecule is N#Cc1cc(S(N)(=O)=O)ccc1NC1CCCN(C2CCCCC2)C1. The highest BCUT2D eigenvalue weighted by molar-refractivity contribution is 7.89. The summed E-state index contributed by atoms with van der Waals surface area (Å²) in [6.07, 6.45) is 8.79. The number of nitriles is 1. The van der Waals surface area contributed by atoms with Gasteiger partial charge in [-0.3, -0.25) is 4.90 Å². The number of likely N-dealkylation sites (tertiary alicyclic amines) is 1. The molecule has 3 N–H and O–H groups in total. The first-order valence-electron chi connectivity index (χ1n) is 9.05. The Labute approximate surface area is 150 Å². The van der Waals surface area contributed by atoms with E-state index in [1.807, 2.05) is 0 Å². The van der Waals surface area contributed by atoms with E-state index in [4.69, 9.17) is 5.14 Å². The van der Waals surface area contributed by atoms with E-state index in [1.165, 1.54) is 44.2 Å². The number of rotatable bonds is 4. The second kappa shape index (κ2) is 7.73. The number of hydrogen-bond donors (Lipinski definition) is 2. The predicted molar refractivity (Wildman–Crippen MR) is 97.6 cm³/mol. The molecule has 6 nitrogen and oxygen atoms in total. The monoisotopic (exact) mass is 362 g/mol. The minimum absolute atomic E-state index is 0.0259. The maximum absolute atomic E-state index is 11.5. The van der Waals surface area contributed by atoms with Crippen LogP contribution >= 0.6 is 0 Å². The standard InChI is InChI=1S/C18H26N4O2S/c19-12-14-11-17(25(20,23)24)8-9-18(14)21-15-5-4-10-22(13-15)16-6-2-1-3-7-16/h8-9,11,15-16,21H,1-7,10,13H2,(H2,20,23,24). The highest BCUT2D eigenvalue weighted by atomic mass is 32.2. The van der Waals surface area contributed by atoms with Gasteiger partial charge in [-0.05, 0) is 50.4 Å². The van der Waals surface area contributed by atoms with Crippen LogP contribution in [0.1, 0.15) is 50.5 Å². The lowest BCUT2D eigenvalue weighted by Gasteiger charge is -2.40. The van der Waals surface area contributed by atoms with Crippen LogP contribution in [0.2, 0.25) is 0 Å². The van der Waals surface area contributed by atoms with Gasteiger partial charge in [-0.1, -0.05) is 19.3 Å². The molecular weight excluding hydrogens is 336 g/mol. The van der Waals surface area contributed by atoms with Crippen LogP contribution < -0.4 is 10.5 Å². The van der Waals surface area contributed by atoms with E-state index in [0.29, 0.717) is 17.3 Å². The van der Waals surface area contributed by atoms with Gasteiger partial charge in [-0.15, -0.1) is 0 Å². The van der Waals surface area contributed by atoms with E-state index < -0.39 is 10.0 Å². The molecule has 1 heterocycles. The number of sulfonamides is 1. The molecule has 1 aromatic rings. The summed E-state index contributed by atoms with van der Waals surface area (Å²) in [5.41, 5.74) is 1.01. The number of primary sulfonamides is 1. The van der Waals surface area contributed by atoms with Gasteiger partial charge in [-0.2, -0.15) is 5.26 Å². The zero-order valence-corrected chi connectivity index (χ0v) is 15.3. The van der Waals surface area contributed by atoms with Crippen LogP contribution in [0.5, 0.6) is 0 Å². The van der Waals surface area contributed by atoms with Gasteiger partial charge in [0.05, 0.1) is 16.1 Å². The van der Waals surface area contributed by atoms with Crippen molar-refractivity contribution in [3.63, 3.8) is 0 Å². The number of benzene rings is 1. The summed E-state index contributed by atoms with van der Waals surface area (Å²) < 4.78 is 22.9. The molecule has 1 aliphatic carbocycles. The number of piperidine rings is 1. The second-order valence-corrected chi connectivity index (χ2v) is 8.70. The predicted octanol–water partition coefficient (Wildman–Crippen LogP) is 2.41. The quantitative estimate of drug-likeness (QED) is 0.857. The van der Waals surface area contributed by atoms with Gasteiger partial charge in [0, 0.05) is 18.6 Å². The Balaban J connectivity index is 1.70. The van der Waals surface area contributed by atoms with Crippen molar-refractivity contribution in [1.29, 1.82) is 5.26 Å². The molecule has 1 unspecified atom stereocenters. The maximum Gasteiger partial charge on any atom is 0.238 e. The van der Waals surface area contributed by atoms with Crippen molar-refractivity contribution in [2.45, 2.75) is 61.9 Å². The van der Waals surface area contributed by atoms with Gasteiger partial charge >= 0.3 is 0 Å². The molecule has 136 valence electrons. The molecule has 2 fully saturated rings. The van der Waals surface area contributed by atoms with Crippen molar-refractivity contribution in [2.75, 3.05) is 18.4 Å². The van der Waals surface area contributed by atoms with E-state index in [2.05, 4.69) is 16.3 Å². The Kier molecular flexibility index (Phi) is 5.62. The first-order chi connectivity index (χ1) is 12.0. The Morgan fingerprint density at radius 1 is 1.16 bits per heavy atom. The van der Waals surface area contributed by atoms with Crippen LogP contribution in [0.25, 0.3) is 0 Å². The van der Waals surface area contributed by atoms with Gasteiger partial charge in [-0.25, -0.2) is 13.6 Å². The van der Waals surface area contributed by atoms with E-state index in [-0.39, 0.29) is 10.9 Å². The number of anilines is 1. The molecule has 0 radical (unpaired) electrons. The number of nitrogens with zero attached hydrogens (tertiary/aromatic N) is 2. The van der Waals surface area contributed by atoms with E-state index >= 15 is 0 Å². The Morgan fingerprint density at radius 3 is 2.60 bits per heavy atom. The average Bonchev–Trinajstić information content (AvgIpc) is 2.62. The van der Waals surface area contributed by atoms with Crippen LogP contribution in [0.3, 0.4) is 0 Å². The molecule has 1 saturated heterocycles. The van der Waals surface area contributed by atoms with Crippen LogP contribution in [0, 0.1) is 11.3 Å². The van der Waals surface area contributed by atoms with E-state index in [0.717, 1.165) is 25.9 Å². The van der Waals surface area contributed by atoms with Gasteiger partial charge in [0.2, 0.25) is 10.0 Å². The van der Waals surface area contributed by atoms with Gasteiger partial charge < -0.3 is 5.32 Å². The molecule has 3 rings (SSSR count). The summed E-state index contributed by atoms with van der Waals surface area (Å²) in [5, 5.41) is 18.0. The molecular formula is C18H26N4O2S. The number of hydrogen-bond acceptors (Lipinski definition) is 5. The summed E-state index contributed by atoms with van der Waals surface area (Å²) in [4.78, 5) is 2.56.